The van der Waals surface area contributed by atoms with E-state index >= 15 is 0 Å². The normalized spacial score (nSPS) is 12.9. The molecule has 1 unspecified atom stereocenters. The van der Waals surface area contributed by atoms with Crippen molar-refractivity contribution >= 4 is 34.0 Å². The molecule has 3 aromatic rings. The Morgan fingerprint density at radius 3 is 3.00 bits per heavy atom. The number of halogens is 1. The van der Waals surface area contributed by atoms with Crippen molar-refractivity contribution in [2.24, 2.45) is 0 Å². The fourth-order valence-corrected chi connectivity index (χ4v) is 2.99. The van der Waals surface area contributed by atoms with E-state index in [2.05, 4.69) is 27.6 Å². The van der Waals surface area contributed by atoms with E-state index in [0.717, 1.165) is 21.2 Å². The number of fused-ring (bicyclic) bond motifs is 1. The third kappa shape index (κ3) is 2.81. The molecule has 0 saturated carbocycles. The second kappa shape index (κ2) is 5.33. The van der Waals surface area contributed by atoms with Gasteiger partial charge < -0.3 is 10.3 Å². The summed E-state index contributed by atoms with van der Waals surface area (Å²) in [4.78, 5) is 7.85. The van der Waals surface area contributed by atoms with Gasteiger partial charge in [-0.1, -0.05) is 23.7 Å². The lowest BCUT2D eigenvalue weighted by Gasteiger charge is -2.10. The lowest BCUT2D eigenvalue weighted by molar-refractivity contribution is 0.564. The van der Waals surface area contributed by atoms with Crippen LogP contribution in [0.4, 0.5) is 0 Å². The van der Waals surface area contributed by atoms with Crippen LogP contribution in [-0.2, 0) is 6.54 Å². The van der Waals surface area contributed by atoms with Gasteiger partial charge in [0.15, 0.2) is 0 Å². The van der Waals surface area contributed by atoms with Gasteiger partial charge in [0.25, 0.3) is 0 Å². The number of hydrogen-bond donors (Lipinski definition) is 2. The van der Waals surface area contributed by atoms with E-state index in [9.17, 15) is 0 Å². The standard InChI is InChI=1S/C14H14ClN3S/c1-9(10-6-13(15)19-8-10)16-7-14-17-11-4-2-3-5-12(11)18-14/h2-6,8-9,16H,7H2,1H3,(H,17,18). The van der Waals surface area contributed by atoms with Crippen molar-refractivity contribution in [2.45, 2.75) is 19.5 Å². The number of hydrogen-bond acceptors (Lipinski definition) is 3. The monoisotopic (exact) mass is 291 g/mol. The van der Waals surface area contributed by atoms with Crippen LogP contribution in [0.3, 0.4) is 0 Å². The smallest absolute Gasteiger partial charge is 0.121 e. The number of para-hydroxylation sites is 2. The summed E-state index contributed by atoms with van der Waals surface area (Å²) in [6.45, 7) is 2.84. The molecule has 0 radical (unpaired) electrons. The number of H-pyrrole nitrogens is 1. The van der Waals surface area contributed by atoms with Crippen LogP contribution in [0.25, 0.3) is 11.0 Å². The van der Waals surface area contributed by atoms with Gasteiger partial charge in [-0.25, -0.2) is 4.98 Å². The van der Waals surface area contributed by atoms with Crippen molar-refractivity contribution in [3.05, 3.63) is 51.4 Å². The Balaban J connectivity index is 1.68. The first-order chi connectivity index (χ1) is 9.22. The molecule has 0 spiro atoms. The van der Waals surface area contributed by atoms with Gasteiger partial charge in [-0.2, -0.15) is 0 Å². The second-order valence-corrected chi connectivity index (χ2v) is 6.03. The molecule has 98 valence electrons. The maximum atomic E-state index is 5.95. The predicted molar refractivity (Wildman–Crippen MR) is 80.7 cm³/mol. The quantitative estimate of drug-likeness (QED) is 0.759. The molecule has 1 atom stereocenters. The Kier molecular flexibility index (Phi) is 3.55. The third-order valence-electron chi connectivity index (χ3n) is 3.10. The van der Waals surface area contributed by atoms with Crippen LogP contribution in [0.15, 0.2) is 35.7 Å². The number of imidazole rings is 1. The minimum Gasteiger partial charge on any atom is -0.341 e. The number of aromatic amines is 1. The van der Waals surface area contributed by atoms with Crippen LogP contribution >= 0.6 is 22.9 Å². The Bertz CT molecular complexity index is 656. The van der Waals surface area contributed by atoms with E-state index in [1.54, 1.807) is 11.3 Å². The fraction of sp³-hybridized carbons (Fsp3) is 0.214. The number of thiophene rings is 1. The Morgan fingerprint density at radius 1 is 1.42 bits per heavy atom. The minimum atomic E-state index is 0.261. The molecule has 0 saturated heterocycles. The Morgan fingerprint density at radius 2 is 2.26 bits per heavy atom. The van der Waals surface area contributed by atoms with Gasteiger partial charge in [0.2, 0.25) is 0 Å². The van der Waals surface area contributed by atoms with Crippen molar-refractivity contribution in [3.63, 3.8) is 0 Å². The number of rotatable bonds is 4. The lowest BCUT2D eigenvalue weighted by Crippen LogP contribution is -2.18. The summed E-state index contributed by atoms with van der Waals surface area (Å²) >= 11 is 7.51. The van der Waals surface area contributed by atoms with Crippen molar-refractivity contribution in [2.75, 3.05) is 0 Å². The van der Waals surface area contributed by atoms with Crippen LogP contribution in [0.2, 0.25) is 4.34 Å². The van der Waals surface area contributed by atoms with Crippen LogP contribution in [0.5, 0.6) is 0 Å². The summed E-state index contributed by atoms with van der Waals surface area (Å²) in [6.07, 6.45) is 0. The first-order valence-electron chi connectivity index (χ1n) is 6.13. The molecule has 3 rings (SSSR count). The summed E-state index contributed by atoms with van der Waals surface area (Å²) < 4.78 is 0.826. The topological polar surface area (TPSA) is 40.7 Å². The SMILES string of the molecule is CC(NCc1nc2ccccc2[nH]1)c1csc(Cl)c1. The molecule has 2 heterocycles. The number of benzene rings is 1. The highest BCUT2D eigenvalue weighted by Crippen LogP contribution is 2.24. The van der Waals surface area contributed by atoms with Gasteiger partial charge in [0.1, 0.15) is 5.82 Å². The van der Waals surface area contributed by atoms with Gasteiger partial charge in [-0.05, 0) is 36.1 Å². The van der Waals surface area contributed by atoms with Gasteiger partial charge in [-0.15, -0.1) is 11.3 Å². The van der Waals surface area contributed by atoms with Crippen molar-refractivity contribution in [1.82, 2.24) is 15.3 Å². The molecule has 2 aromatic heterocycles. The Labute approximate surface area is 120 Å². The highest BCUT2D eigenvalue weighted by molar-refractivity contribution is 7.14. The van der Waals surface area contributed by atoms with Crippen molar-refractivity contribution in [1.29, 1.82) is 0 Å². The number of aromatic nitrogens is 2. The van der Waals surface area contributed by atoms with Crippen LogP contribution in [0, 0.1) is 0 Å². The minimum absolute atomic E-state index is 0.261. The molecule has 3 nitrogen and oxygen atoms in total. The molecule has 0 aliphatic heterocycles. The summed E-state index contributed by atoms with van der Waals surface area (Å²) in [5, 5.41) is 5.53. The van der Waals surface area contributed by atoms with Crippen molar-refractivity contribution in [3.8, 4) is 0 Å². The average Bonchev–Trinajstić information content (AvgIpc) is 3.01. The molecule has 0 amide bonds. The molecule has 19 heavy (non-hydrogen) atoms. The van der Waals surface area contributed by atoms with Gasteiger partial charge in [0.05, 0.1) is 21.9 Å². The number of nitrogens with zero attached hydrogens (tertiary/aromatic N) is 1. The van der Waals surface area contributed by atoms with Gasteiger partial charge in [0, 0.05) is 6.04 Å². The molecule has 0 bridgehead atoms. The average molecular weight is 292 g/mol. The van der Waals surface area contributed by atoms with Crippen LogP contribution in [-0.4, -0.2) is 9.97 Å². The zero-order chi connectivity index (χ0) is 13.2. The highest BCUT2D eigenvalue weighted by atomic mass is 35.5. The van der Waals surface area contributed by atoms with Crippen LogP contribution in [0.1, 0.15) is 24.4 Å². The zero-order valence-corrected chi connectivity index (χ0v) is 12.1. The lowest BCUT2D eigenvalue weighted by atomic mass is 10.2. The van der Waals surface area contributed by atoms with E-state index in [4.69, 9.17) is 11.6 Å². The molecule has 0 aliphatic rings. The van der Waals surface area contributed by atoms with Crippen LogP contribution < -0.4 is 5.32 Å². The predicted octanol–water partition coefficient (Wildman–Crippen LogP) is 4.13. The molecule has 0 aliphatic carbocycles. The fourth-order valence-electron chi connectivity index (χ4n) is 2.01. The summed E-state index contributed by atoms with van der Waals surface area (Å²) in [6, 6.07) is 10.3. The van der Waals surface area contributed by atoms with E-state index in [0.29, 0.717) is 6.54 Å². The molecule has 2 N–H and O–H groups in total. The second-order valence-electron chi connectivity index (χ2n) is 4.49. The third-order valence-corrected chi connectivity index (χ3v) is 4.21. The zero-order valence-electron chi connectivity index (χ0n) is 10.5. The first-order valence-corrected chi connectivity index (χ1v) is 7.39. The Hall–Kier alpha value is -1.36. The van der Waals surface area contributed by atoms with E-state index in [-0.39, 0.29) is 6.04 Å². The maximum absolute atomic E-state index is 5.95. The molecular weight excluding hydrogens is 278 g/mol. The largest absolute Gasteiger partial charge is 0.341 e. The van der Waals surface area contributed by atoms with E-state index < -0.39 is 0 Å². The molecule has 1 aromatic carbocycles. The highest BCUT2D eigenvalue weighted by Gasteiger charge is 2.08. The first kappa shape index (κ1) is 12.7. The summed E-state index contributed by atoms with van der Waals surface area (Å²) in [5.74, 6) is 0.953. The molecule has 0 fully saturated rings. The van der Waals surface area contributed by atoms with Crippen molar-refractivity contribution < 1.29 is 0 Å². The molecular formula is C14H14ClN3S. The van der Waals surface area contributed by atoms with Gasteiger partial charge in [-0.3, -0.25) is 0 Å². The summed E-state index contributed by atoms with van der Waals surface area (Å²) in [7, 11) is 0. The molecule has 5 heteroatoms. The maximum Gasteiger partial charge on any atom is 0.121 e. The van der Waals surface area contributed by atoms with Gasteiger partial charge >= 0.3 is 0 Å². The number of nitrogens with one attached hydrogen (secondary N) is 2. The van der Waals surface area contributed by atoms with E-state index in [1.807, 2.05) is 30.3 Å². The summed E-state index contributed by atoms with van der Waals surface area (Å²) in [5.41, 5.74) is 3.29. The van der Waals surface area contributed by atoms with E-state index in [1.165, 1.54) is 5.56 Å².